The van der Waals surface area contributed by atoms with Crippen LogP contribution in [0.25, 0.3) is 28.2 Å². The first kappa shape index (κ1) is 20.1. The summed E-state index contributed by atoms with van der Waals surface area (Å²) in [7, 11) is 1.87. The van der Waals surface area contributed by atoms with Gasteiger partial charge in [-0.2, -0.15) is 5.26 Å². The molecule has 7 nitrogen and oxygen atoms in total. The van der Waals surface area contributed by atoms with Crippen LogP contribution in [-0.4, -0.2) is 42.4 Å². The van der Waals surface area contributed by atoms with E-state index < -0.39 is 18.6 Å². The van der Waals surface area contributed by atoms with E-state index >= 15 is 0 Å². The number of nitrogens with one attached hydrogen (secondary N) is 2. The normalized spacial score (nSPS) is 12.4. The number of aliphatic hydroxyl groups excluding tert-OH is 2. The predicted octanol–water partition coefficient (Wildman–Crippen LogP) is 2.52. The quantitative estimate of drug-likeness (QED) is 0.363. The van der Waals surface area contributed by atoms with E-state index in [1.807, 2.05) is 43.4 Å². The molecule has 4 N–H and O–H groups in total. The van der Waals surface area contributed by atoms with Crippen molar-refractivity contribution in [3.05, 3.63) is 59.9 Å². The minimum absolute atomic E-state index is 0.149. The van der Waals surface area contributed by atoms with Gasteiger partial charge in [-0.15, -0.1) is 0 Å². The fraction of sp³-hybridized carbons (Fsp3) is 0.182. The van der Waals surface area contributed by atoms with Crippen molar-refractivity contribution in [2.75, 3.05) is 25.5 Å². The maximum absolute atomic E-state index is 12.0. The lowest BCUT2D eigenvalue weighted by Crippen LogP contribution is -2.34. The maximum Gasteiger partial charge on any atom is 0.262 e. The molecule has 2 aromatic carbocycles. The van der Waals surface area contributed by atoms with Gasteiger partial charge in [-0.05, 0) is 41.1 Å². The Morgan fingerprint density at radius 1 is 1.21 bits per heavy atom. The molecular weight excluding hydrogens is 370 g/mol. The minimum Gasteiger partial charge on any atom is -0.457 e. The zero-order valence-electron chi connectivity index (χ0n) is 15.8. The number of nitrogens with zero attached hydrogens (tertiary/aromatic N) is 1. The molecule has 1 aromatic heterocycles. The predicted molar refractivity (Wildman–Crippen MR) is 111 cm³/mol. The molecule has 7 heteroatoms. The molecule has 0 aliphatic carbocycles. The summed E-state index contributed by atoms with van der Waals surface area (Å²) >= 11 is 0. The Labute approximate surface area is 167 Å². The van der Waals surface area contributed by atoms with Crippen LogP contribution in [0.1, 0.15) is 5.76 Å². The molecule has 0 saturated carbocycles. The van der Waals surface area contributed by atoms with Gasteiger partial charge in [-0.25, -0.2) is 0 Å². The molecule has 29 heavy (non-hydrogen) atoms. The number of furan rings is 1. The molecular formula is C22H21N3O4. The molecule has 0 saturated heterocycles. The lowest BCUT2D eigenvalue weighted by atomic mass is 10.0. The highest BCUT2D eigenvalue weighted by molar-refractivity contribution is 6.01. The van der Waals surface area contributed by atoms with E-state index in [0.29, 0.717) is 11.5 Å². The van der Waals surface area contributed by atoms with Gasteiger partial charge in [0.15, 0.2) is 0 Å². The second-order valence-electron chi connectivity index (χ2n) is 6.44. The van der Waals surface area contributed by atoms with Gasteiger partial charge in [0.25, 0.3) is 5.91 Å². The van der Waals surface area contributed by atoms with E-state index in [4.69, 9.17) is 9.52 Å². The molecule has 0 aliphatic heterocycles. The molecule has 148 valence electrons. The third kappa shape index (κ3) is 4.82. The van der Waals surface area contributed by atoms with Gasteiger partial charge in [0, 0.05) is 30.9 Å². The van der Waals surface area contributed by atoms with Crippen molar-refractivity contribution in [2.45, 2.75) is 6.10 Å². The first-order valence-electron chi connectivity index (χ1n) is 9.04. The zero-order chi connectivity index (χ0) is 20.8. The third-order valence-electron chi connectivity index (χ3n) is 4.40. The number of fused-ring (bicyclic) bond motifs is 1. The number of amides is 1. The number of rotatable bonds is 7. The molecule has 1 unspecified atom stereocenters. The maximum atomic E-state index is 12.0. The summed E-state index contributed by atoms with van der Waals surface area (Å²) in [6.45, 7) is -0.625. The number of anilines is 1. The largest absolute Gasteiger partial charge is 0.457 e. The minimum atomic E-state index is -1.08. The Balaban J connectivity index is 1.80. The summed E-state index contributed by atoms with van der Waals surface area (Å²) in [4.78, 5) is 12.0. The highest BCUT2D eigenvalue weighted by atomic mass is 16.3. The Morgan fingerprint density at radius 3 is 2.69 bits per heavy atom. The van der Waals surface area contributed by atoms with E-state index in [1.54, 1.807) is 12.1 Å². The van der Waals surface area contributed by atoms with Crippen LogP contribution in [0.3, 0.4) is 0 Å². The monoisotopic (exact) mass is 391 g/mol. The van der Waals surface area contributed by atoms with Crippen molar-refractivity contribution < 1.29 is 19.4 Å². The topological polar surface area (TPSA) is 119 Å². The third-order valence-corrected chi connectivity index (χ3v) is 4.40. The Hall–Kier alpha value is -3.60. The van der Waals surface area contributed by atoms with Crippen LogP contribution in [-0.2, 0) is 4.79 Å². The highest BCUT2D eigenvalue weighted by Crippen LogP contribution is 2.28. The van der Waals surface area contributed by atoms with Crippen molar-refractivity contribution in [1.82, 2.24) is 5.32 Å². The van der Waals surface area contributed by atoms with Crippen LogP contribution >= 0.6 is 0 Å². The van der Waals surface area contributed by atoms with E-state index in [2.05, 4.69) is 16.7 Å². The summed E-state index contributed by atoms with van der Waals surface area (Å²) in [6.07, 6.45) is 0.260. The van der Waals surface area contributed by atoms with Gasteiger partial charge in [-0.3, -0.25) is 4.79 Å². The molecule has 3 aromatic rings. The summed E-state index contributed by atoms with van der Waals surface area (Å²) in [5.41, 5.74) is 1.75. The summed E-state index contributed by atoms with van der Waals surface area (Å²) in [5, 5.41) is 35.0. The molecule has 0 spiro atoms. The number of carbonyl (C=O) groups is 1. The van der Waals surface area contributed by atoms with Gasteiger partial charge in [0.05, 0.1) is 12.7 Å². The molecule has 1 amide bonds. The number of benzene rings is 2. The van der Waals surface area contributed by atoms with Crippen molar-refractivity contribution >= 4 is 28.4 Å². The Morgan fingerprint density at radius 2 is 1.97 bits per heavy atom. The van der Waals surface area contributed by atoms with Crippen LogP contribution in [0.15, 0.2) is 58.5 Å². The second kappa shape index (κ2) is 9.06. The lowest BCUT2D eigenvalue weighted by molar-refractivity contribution is -0.117. The molecule has 0 bridgehead atoms. The first-order valence-corrected chi connectivity index (χ1v) is 9.04. The van der Waals surface area contributed by atoms with Crippen molar-refractivity contribution in [3.8, 4) is 17.4 Å². The van der Waals surface area contributed by atoms with Gasteiger partial charge < -0.3 is 25.3 Å². The van der Waals surface area contributed by atoms with Crippen LogP contribution in [0.4, 0.5) is 5.69 Å². The van der Waals surface area contributed by atoms with Crippen LogP contribution in [0.5, 0.6) is 0 Å². The highest BCUT2D eigenvalue weighted by Gasteiger charge is 2.13. The van der Waals surface area contributed by atoms with E-state index in [0.717, 1.165) is 22.0 Å². The number of hydrogen-bond donors (Lipinski definition) is 4. The van der Waals surface area contributed by atoms with Gasteiger partial charge in [0.2, 0.25) is 0 Å². The van der Waals surface area contributed by atoms with Gasteiger partial charge in [0.1, 0.15) is 23.2 Å². The van der Waals surface area contributed by atoms with Gasteiger partial charge in [-0.1, -0.05) is 18.2 Å². The smallest absolute Gasteiger partial charge is 0.262 e. The standard InChI is InChI=1S/C22H21N3O4/c1-24-18-5-4-14-8-16(3-2-15(14)9-18)21-7-6-20(29-21)10-17(11-23)22(28)25-12-19(27)13-26/h2-10,19,24,26-27H,12-13H2,1H3,(H,25,28)/b17-10+. The van der Waals surface area contributed by atoms with E-state index in [9.17, 15) is 15.2 Å². The molecule has 0 fully saturated rings. The Bertz CT molecular complexity index is 1090. The number of aliphatic hydroxyl groups is 2. The number of carbonyl (C=O) groups excluding carboxylic acids is 1. The molecule has 0 aliphatic rings. The summed E-state index contributed by atoms with van der Waals surface area (Å²) < 4.78 is 5.78. The lowest BCUT2D eigenvalue weighted by Gasteiger charge is -2.07. The fourth-order valence-electron chi connectivity index (χ4n) is 2.80. The fourth-order valence-corrected chi connectivity index (χ4v) is 2.80. The van der Waals surface area contributed by atoms with Crippen molar-refractivity contribution in [1.29, 1.82) is 5.26 Å². The molecule has 0 radical (unpaired) electrons. The molecule has 3 rings (SSSR count). The average Bonchev–Trinajstić information content (AvgIpc) is 3.23. The van der Waals surface area contributed by atoms with Crippen LogP contribution in [0, 0.1) is 11.3 Å². The van der Waals surface area contributed by atoms with E-state index in [1.165, 1.54) is 6.08 Å². The van der Waals surface area contributed by atoms with Crippen LogP contribution in [0.2, 0.25) is 0 Å². The second-order valence-corrected chi connectivity index (χ2v) is 6.44. The number of hydrogen-bond acceptors (Lipinski definition) is 6. The van der Waals surface area contributed by atoms with Crippen molar-refractivity contribution in [2.24, 2.45) is 0 Å². The average molecular weight is 391 g/mol. The molecule has 1 atom stereocenters. The zero-order valence-corrected chi connectivity index (χ0v) is 15.8. The summed E-state index contributed by atoms with van der Waals surface area (Å²) in [5.74, 6) is 0.327. The number of nitriles is 1. The Kier molecular flexibility index (Phi) is 6.29. The van der Waals surface area contributed by atoms with Gasteiger partial charge >= 0.3 is 0 Å². The molecule has 1 heterocycles. The SMILES string of the molecule is CNc1ccc2cc(-c3ccc(/C=C(\C#N)C(=O)NCC(O)CO)o3)ccc2c1. The van der Waals surface area contributed by atoms with Crippen LogP contribution < -0.4 is 10.6 Å². The van der Waals surface area contributed by atoms with E-state index in [-0.39, 0.29) is 12.1 Å². The summed E-state index contributed by atoms with van der Waals surface area (Å²) in [6, 6.07) is 17.3. The van der Waals surface area contributed by atoms with Crippen molar-refractivity contribution in [3.63, 3.8) is 0 Å². The first-order chi connectivity index (χ1) is 14.0.